The summed E-state index contributed by atoms with van der Waals surface area (Å²) in [5.74, 6) is -0.0111. The van der Waals surface area contributed by atoms with Gasteiger partial charge in [0.05, 0.1) is 6.61 Å². The molecule has 25 heavy (non-hydrogen) atoms. The van der Waals surface area contributed by atoms with Crippen LogP contribution in [0.2, 0.25) is 0 Å². The zero-order valence-corrected chi connectivity index (χ0v) is 15.9. The quantitative estimate of drug-likeness (QED) is 0.643. The molecule has 0 aromatic heterocycles. The molecule has 1 heterocycles. The minimum atomic E-state index is -0.281. The summed E-state index contributed by atoms with van der Waals surface area (Å²) in [6.07, 6.45) is 4.69. The Hall–Kier alpha value is -1.79. The summed E-state index contributed by atoms with van der Waals surface area (Å²) >= 11 is 0. The topological polar surface area (TPSA) is 79.0 Å². The van der Waals surface area contributed by atoms with Crippen molar-refractivity contribution in [3.05, 3.63) is 0 Å². The van der Waals surface area contributed by atoms with Gasteiger partial charge in [-0.1, -0.05) is 19.8 Å². The van der Waals surface area contributed by atoms with Crippen LogP contribution in [0.4, 0.5) is 4.79 Å². The maximum atomic E-state index is 12.1. The first-order valence-corrected chi connectivity index (χ1v) is 9.44. The monoisotopic (exact) mass is 355 g/mol. The number of hydrogen-bond acceptors (Lipinski definition) is 4. The summed E-state index contributed by atoms with van der Waals surface area (Å²) in [5, 5.41) is 3.02. The molecular formula is C18H33N3O4. The van der Waals surface area contributed by atoms with Crippen LogP contribution in [0.5, 0.6) is 0 Å². The van der Waals surface area contributed by atoms with Crippen LogP contribution in [0.15, 0.2) is 0 Å². The molecule has 144 valence electrons. The number of hydrogen-bond donors (Lipinski definition) is 1. The predicted molar refractivity (Wildman–Crippen MR) is 96.2 cm³/mol. The smallest absolute Gasteiger partial charge is 0.409 e. The highest BCUT2D eigenvalue weighted by Crippen LogP contribution is 2.12. The maximum Gasteiger partial charge on any atom is 0.409 e. The Bertz CT molecular complexity index is 434. The molecule has 3 amide bonds. The average Bonchev–Trinajstić information content (AvgIpc) is 2.58. The Balaban J connectivity index is 2.28. The lowest BCUT2D eigenvalue weighted by Crippen LogP contribution is -2.47. The van der Waals surface area contributed by atoms with E-state index in [0.717, 1.165) is 32.1 Å². The van der Waals surface area contributed by atoms with Crippen molar-refractivity contribution < 1.29 is 19.1 Å². The second-order valence-electron chi connectivity index (χ2n) is 6.49. The standard InChI is InChI=1S/C18H33N3O4/c1-4-6-7-11-20(15(3)22)14-10-17(23)19-16-8-12-21(13-9-16)18(24)25-5-2/h16H,4-14H2,1-3H3,(H,19,23). The van der Waals surface area contributed by atoms with E-state index in [9.17, 15) is 14.4 Å². The third kappa shape index (κ3) is 8.23. The van der Waals surface area contributed by atoms with Gasteiger partial charge in [0.25, 0.3) is 0 Å². The van der Waals surface area contributed by atoms with E-state index in [2.05, 4.69) is 12.2 Å². The highest BCUT2D eigenvalue weighted by molar-refractivity contribution is 5.78. The third-order valence-corrected chi connectivity index (χ3v) is 4.47. The Labute approximate surface area is 151 Å². The van der Waals surface area contributed by atoms with Crippen molar-refractivity contribution in [2.45, 2.75) is 65.3 Å². The predicted octanol–water partition coefficient (Wildman–Crippen LogP) is 2.15. The van der Waals surface area contributed by atoms with Crippen molar-refractivity contribution in [2.75, 3.05) is 32.8 Å². The third-order valence-electron chi connectivity index (χ3n) is 4.47. The lowest BCUT2D eigenvalue weighted by Gasteiger charge is -2.31. The maximum absolute atomic E-state index is 12.1. The zero-order chi connectivity index (χ0) is 18.7. The number of nitrogens with zero attached hydrogens (tertiary/aromatic N) is 2. The van der Waals surface area contributed by atoms with E-state index < -0.39 is 0 Å². The fourth-order valence-corrected chi connectivity index (χ4v) is 2.94. The Morgan fingerprint density at radius 1 is 1.12 bits per heavy atom. The van der Waals surface area contributed by atoms with Crippen LogP contribution >= 0.6 is 0 Å². The Morgan fingerprint density at radius 3 is 2.36 bits per heavy atom. The largest absolute Gasteiger partial charge is 0.450 e. The molecule has 0 radical (unpaired) electrons. The summed E-state index contributed by atoms with van der Waals surface area (Å²) < 4.78 is 4.99. The first-order valence-electron chi connectivity index (χ1n) is 9.44. The van der Waals surface area contributed by atoms with Crippen molar-refractivity contribution in [1.29, 1.82) is 0 Å². The number of rotatable bonds is 9. The van der Waals surface area contributed by atoms with Crippen molar-refractivity contribution in [3.8, 4) is 0 Å². The molecule has 0 aromatic carbocycles. The van der Waals surface area contributed by atoms with Crippen LogP contribution in [0.25, 0.3) is 0 Å². The average molecular weight is 355 g/mol. The van der Waals surface area contributed by atoms with Crippen LogP contribution in [0, 0.1) is 0 Å². The van der Waals surface area contributed by atoms with E-state index in [-0.39, 0.29) is 23.9 Å². The normalized spacial score (nSPS) is 14.9. The number of amides is 3. The number of unbranched alkanes of at least 4 members (excludes halogenated alkanes) is 2. The molecule has 1 saturated heterocycles. The van der Waals surface area contributed by atoms with Crippen LogP contribution in [-0.4, -0.2) is 66.5 Å². The van der Waals surface area contributed by atoms with Gasteiger partial charge < -0.3 is 19.9 Å². The van der Waals surface area contributed by atoms with Gasteiger partial charge in [0.2, 0.25) is 11.8 Å². The van der Waals surface area contributed by atoms with Crippen molar-refractivity contribution in [2.24, 2.45) is 0 Å². The van der Waals surface area contributed by atoms with Gasteiger partial charge in [-0.2, -0.15) is 0 Å². The minimum absolute atomic E-state index is 0.0200. The van der Waals surface area contributed by atoms with Gasteiger partial charge in [-0.25, -0.2) is 4.79 Å². The van der Waals surface area contributed by atoms with E-state index in [1.807, 2.05) is 0 Å². The van der Waals surface area contributed by atoms with E-state index in [4.69, 9.17) is 4.74 Å². The molecule has 0 aliphatic carbocycles. The number of carbonyl (C=O) groups excluding carboxylic acids is 3. The van der Waals surface area contributed by atoms with Gasteiger partial charge in [-0.15, -0.1) is 0 Å². The molecule has 1 aliphatic rings. The van der Waals surface area contributed by atoms with Crippen LogP contribution in [0.1, 0.15) is 59.3 Å². The summed E-state index contributed by atoms with van der Waals surface area (Å²) in [6.45, 7) is 8.22. The molecule has 7 heteroatoms. The van der Waals surface area contributed by atoms with E-state index in [1.54, 1.807) is 23.6 Å². The zero-order valence-electron chi connectivity index (χ0n) is 15.9. The lowest BCUT2D eigenvalue weighted by molar-refractivity contribution is -0.129. The first kappa shape index (κ1) is 21.3. The number of nitrogens with one attached hydrogen (secondary N) is 1. The fraction of sp³-hybridized carbons (Fsp3) is 0.833. The lowest BCUT2D eigenvalue weighted by atomic mass is 10.1. The molecule has 7 nitrogen and oxygen atoms in total. The number of ether oxygens (including phenoxy) is 1. The molecule has 0 bridgehead atoms. The molecular weight excluding hydrogens is 322 g/mol. The second-order valence-corrected chi connectivity index (χ2v) is 6.49. The molecule has 1 fully saturated rings. The molecule has 1 rings (SSSR count). The molecule has 1 N–H and O–H groups in total. The molecule has 0 atom stereocenters. The van der Waals surface area contributed by atoms with Crippen LogP contribution < -0.4 is 5.32 Å². The molecule has 0 saturated carbocycles. The van der Waals surface area contributed by atoms with E-state index in [1.165, 1.54) is 0 Å². The minimum Gasteiger partial charge on any atom is -0.450 e. The first-order chi connectivity index (χ1) is 12.0. The summed E-state index contributed by atoms with van der Waals surface area (Å²) in [4.78, 5) is 38.9. The van der Waals surface area contributed by atoms with Crippen LogP contribution in [0.3, 0.4) is 0 Å². The SMILES string of the molecule is CCCCCN(CCC(=O)NC1CCN(C(=O)OCC)CC1)C(C)=O. The summed E-state index contributed by atoms with van der Waals surface area (Å²) in [7, 11) is 0. The van der Waals surface area contributed by atoms with Crippen molar-refractivity contribution in [1.82, 2.24) is 15.1 Å². The van der Waals surface area contributed by atoms with Crippen molar-refractivity contribution in [3.63, 3.8) is 0 Å². The van der Waals surface area contributed by atoms with E-state index in [0.29, 0.717) is 39.2 Å². The fourth-order valence-electron chi connectivity index (χ4n) is 2.94. The Kier molecular flexibility index (Phi) is 9.96. The van der Waals surface area contributed by atoms with Gasteiger partial charge in [0, 0.05) is 45.6 Å². The van der Waals surface area contributed by atoms with Gasteiger partial charge in [-0.3, -0.25) is 9.59 Å². The molecule has 0 aromatic rings. The number of likely N-dealkylation sites (tertiary alicyclic amines) is 1. The molecule has 0 spiro atoms. The van der Waals surface area contributed by atoms with Crippen molar-refractivity contribution >= 4 is 17.9 Å². The van der Waals surface area contributed by atoms with Gasteiger partial charge in [-0.05, 0) is 26.2 Å². The molecule has 0 unspecified atom stereocenters. The van der Waals surface area contributed by atoms with Gasteiger partial charge in [0.15, 0.2) is 0 Å². The van der Waals surface area contributed by atoms with Gasteiger partial charge in [0.1, 0.15) is 0 Å². The highest BCUT2D eigenvalue weighted by atomic mass is 16.6. The second kappa shape index (κ2) is 11.7. The highest BCUT2D eigenvalue weighted by Gasteiger charge is 2.24. The van der Waals surface area contributed by atoms with E-state index >= 15 is 0 Å². The number of carbonyl (C=O) groups is 3. The Morgan fingerprint density at radius 2 is 1.80 bits per heavy atom. The number of piperidine rings is 1. The van der Waals surface area contributed by atoms with Crippen LogP contribution in [-0.2, 0) is 14.3 Å². The summed E-state index contributed by atoms with van der Waals surface area (Å²) in [5.41, 5.74) is 0. The summed E-state index contributed by atoms with van der Waals surface area (Å²) in [6, 6.07) is 0.0871. The molecule has 1 aliphatic heterocycles. The van der Waals surface area contributed by atoms with Gasteiger partial charge >= 0.3 is 6.09 Å².